The molecule has 3 fully saturated rings. The van der Waals surface area contributed by atoms with E-state index in [1.165, 1.54) is 38.5 Å². The van der Waals surface area contributed by atoms with Gasteiger partial charge in [0.1, 0.15) is 6.10 Å². The third-order valence-corrected chi connectivity index (χ3v) is 11.1. The first-order valence-corrected chi connectivity index (χ1v) is 16.7. The Hall–Kier alpha value is -2.14. The van der Waals surface area contributed by atoms with Gasteiger partial charge >= 0.3 is 0 Å². The molecule has 2 saturated carbocycles. The molecule has 0 bridgehead atoms. The van der Waals surface area contributed by atoms with Gasteiger partial charge in [-0.05, 0) is 110 Å². The Kier molecular flexibility index (Phi) is 9.43. The molecule has 6 rings (SSSR count). The number of benzene rings is 2. The van der Waals surface area contributed by atoms with Crippen molar-refractivity contribution >= 4 is 5.57 Å². The summed E-state index contributed by atoms with van der Waals surface area (Å²) in [5.74, 6) is 0.360. The largest absolute Gasteiger partial charge is 0.368 e. The molecule has 2 aromatic rings. The van der Waals surface area contributed by atoms with Crippen LogP contribution in [0.4, 0.5) is 17.6 Å². The molecule has 1 saturated heterocycles. The number of halogens is 4. The number of hydrogen-bond acceptors (Lipinski definition) is 1. The lowest BCUT2D eigenvalue weighted by Gasteiger charge is -2.36. The fraction of sp³-hybridized carbons (Fsp3) is 0.622. The van der Waals surface area contributed by atoms with Crippen molar-refractivity contribution in [3.63, 3.8) is 0 Å². The first-order chi connectivity index (χ1) is 20.4. The fourth-order valence-corrected chi connectivity index (χ4v) is 8.38. The smallest absolute Gasteiger partial charge is 0.166 e. The Labute approximate surface area is 249 Å². The molecule has 42 heavy (non-hydrogen) atoms. The summed E-state index contributed by atoms with van der Waals surface area (Å²) in [6.45, 7) is 2.47. The molecule has 0 radical (unpaired) electrons. The second kappa shape index (κ2) is 13.2. The zero-order valence-corrected chi connectivity index (χ0v) is 25.1. The lowest BCUT2D eigenvalue weighted by molar-refractivity contribution is 0.179. The molecule has 5 heteroatoms. The molecular formula is C37H46F4O. The number of aryl methyl sites for hydroxylation is 1. The predicted octanol–water partition coefficient (Wildman–Crippen LogP) is 11.0. The van der Waals surface area contributed by atoms with E-state index in [4.69, 9.17) is 4.74 Å². The van der Waals surface area contributed by atoms with Crippen LogP contribution >= 0.6 is 0 Å². The van der Waals surface area contributed by atoms with Crippen LogP contribution in [0, 0.1) is 46.9 Å². The SMILES string of the molecule is CCCc1ccc(C2CCC(CCC3CCC(C4CC=C(c5ccc(C6CO6)c(F)c5F)CC4)CC3)CC2)c(F)c1F. The quantitative estimate of drug-likeness (QED) is 0.212. The van der Waals surface area contributed by atoms with E-state index < -0.39 is 23.3 Å². The Balaban J connectivity index is 0.926. The Morgan fingerprint density at radius 1 is 0.690 bits per heavy atom. The third kappa shape index (κ3) is 6.51. The highest BCUT2D eigenvalue weighted by Crippen LogP contribution is 2.45. The lowest BCUT2D eigenvalue weighted by atomic mass is 9.69. The standard InChI is InChI=1S/C37H46F4O/c1-2-3-29-18-19-30(35(39)34(29)38)27-12-8-24(9-13-27)5-4-23-6-10-25(11-7-23)26-14-16-28(17-15-26)31-20-21-32(33-22-42-33)37(41)36(31)40/h16,18-21,23-27,33H,2-15,17,22H2,1H3. The van der Waals surface area contributed by atoms with E-state index in [1.807, 2.05) is 13.0 Å². The van der Waals surface area contributed by atoms with Gasteiger partial charge < -0.3 is 4.74 Å². The minimum Gasteiger partial charge on any atom is -0.368 e. The van der Waals surface area contributed by atoms with Gasteiger partial charge in [0.25, 0.3) is 0 Å². The number of rotatable bonds is 9. The van der Waals surface area contributed by atoms with Crippen LogP contribution in [0.1, 0.15) is 131 Å². The van der Waals surface area contributed by atoms with Crippen molar-refractivity contribution in [2.24, 2.45) is 23.7 Å². The second-order valence-corrected chi connectivity index (χ2v) is 13.7. The minimum absolute atomic E-state index is 0.152. The zero-order valence-electron chi connectivity index (χ0n) is 25.1. The molecule has 2 atom stereocenters. The molecule has 2 aromatic carbocycles. The molecule has 228 valence electrons. The zero-order chi connectivity index (χ0) is 29.2. The summed E-state index contributed by atoms with van der Waals surface area (Å²) < 4.78 is 63.8. The number of ether oxygens (including phenoxy) is 1. The van der Waals surface area contributed by atoms with Gasteiger partial charge in [-0.3, -0.25) is 0 Å². The minimum atomic E-state index is -0.745. The van der Waals surface area contributed by atoms with Crippen molar-refractivity contribution in [2.45, 2.75) is 115 Å². The molecule has 0 N–H and O–H groups in total. The Morgan fingerprint density at radius 2 is 1.33 bits per heavy atom. The molecule has 1 aliphatic heterocycles. The van der Waals surface area contributed by atoms with Gasteiger partial charge in [0.15, 0.2) is 23.3 Å². The van der Waals surface area contributed by atoms with Crippen LogP contribution in [0.15, 0.2) is 30.3 Å². The molecule has 3 aliphatic carbocycles. The van der Waals surface area contributed by atoms with E-state index in [0.29, 0.717) is 47.1 Å². The first-order valence-electron chi connectivity index (χ1n) is 16.7. The summed E-state index contributed by atoms with van der Waals surface area (Å²) in [5, 5.41) is 0. The fourth-order valence-electron chi connectivity index (χ4n) is 8.38. The Bertz CT molecular complexity index is 1270. The number of allylic oxidation sites excluding steroid dienone is 2. The summed E-state index contributed by atoms with van der Waals surface area (Å²) in [7, 11) is 0. The highest BCUT2D eigenvalue weighted by atomic mass is 19.2. The molecule has 0 amide bonds. The second-order valence-electron chi connectivity index (χ2n) is 13.7. The van der Waals surface area contributed by atoms with Crippen LogP contribution in [0.2, 0.25) is 0 Å². The maximum absolute atomic E-state index is 14.8. The van der Waals surface area contributed by atoms with E-state index >= 15 is 0 Å². The normalized spacial score (nSPS) is 29.8. The van der Waals surface area contributed by atoms with Crippen LogP contribution in [-0.4, -0.2) is 6.61 Å². The molecule has 1 nitrogen and oxygen atoms in total. The van der Waals surface area contributed by atoms with Gasteiger partial charge in [-0.15, -0.1) is 0 Å². The summed E-state index contributed by atoms with van der Waals surface area (Å²) in [6, 6.07) is 7.07. The Morgan fingerprint density at radius 3 is 1.95 bits per heavy atom. The van der Waals surface area contributed by atoms with Gasteiger partial charge in [-0.25, -0.2) is 17.6 Å². The number of epoxide rings is 1. The van der Waals surface area contributed by atoms with Gasteiger partial charge in [0.2, 0.25) is 0 Å². The van der Waals surface area contributed by atoms with Crippen LogP contribution in [0.3, 0.4) is 0 Å². The van der Waals surface area contributed by atoms with Crippen LogP contribution in [0.5, 0.6) is 0 Å². The number of hydrogen-bond donors (Lipinski definition) is 0. The van der Waals surface area contributed by atoms with E-state index in [9.17, 15) is 17.6 Å². The van der Waals surface area contributed by atoms with E-state index in [-0.39, 0.29) is 12.0 Å². The predicted molar refractivity (Wildman–Crippen MR) is 160 cm³/mol. The van der Waals surface area contributed by atoms with E-state index in [2.05, 4.69) is 6.08 Å². The summed E-state index contributed by atoms with van der Waals surface area (Å²) in [5.41, 5.74) is 2.82. The highest BCUT2D eigenvalue weighted by molar-refractivity contribution is 5.67. The lowest BCUT2D eigenvalue weighted by Crippen LogP contribution is -2.24. The van der Waals surface area contributed by atoms with E-state index in [0.717, 1.165) is 68.8 Å². The first kappa shape index (κ1) is 29.9. The summed E-state index contributed by atoms with van der Waals surface area (Å²) in [6.07, 6.45) is 18.0. The van der Waals surface area contributed by atoms with E-state index in [1.54, 1.807) is 18.2 Å². The summed E-state index contributed by atoms with van der Waals surface area (Å²) >= 11 is 0. The average molecular weight is 583 g/mol. The monoisotopic (exact) mass is 582 g/mol. The summed E-state index contributed by atoms with van der Waals surface area (Å²) in [4.78, 5) is 0. The van der Waals surface area contributed by atoms with Crippen LogP contribution in [0.25, 0.3) is 5.57 Å². The molecular weight excluding hydrogens is 536 g/mol. The van der Waals surface area contributed by atoms with Gasteiger partial charge in [-0.1, -0.05) is 69.4 Å². The maximum Gasteiger partial charge on any atom is 0.166 e. The van der Waals surface area contributed by atoms with Crippen molar-refractivity contribution in [1.82, 2.24) is 0 Å². The van der Waals surface area contributed by atoms with Crippen molar-refractivity contribution < 1.29 is 22.3 Å². The molecule has 2 unspecified atom stereocenters. The molecule has 0 spiro atoms. The topological polar surface area (TPSA) is 12.5 Å². The van der Waals surface area contributed by atoms with Crippen molar-refractivity contribution in [3.8, 4) is 0 Å². The molecule has 1 heterocycles. The maximum atomic E-state index is 14.8. The van der Waals surface area contributed by atoms with Gasteiger partial charge in [0, 0.05) is 11.1 Å². The molecule has 0 aromatic heterocycles. The van der Waals surface area contributed by atoms with Crippen molar-refractivity contribution in [3.05, 3.63) is 75.9 Å². The van der Waals surface area contributed by atoms with Crippen molar-refractivity contribution in [2.75, 3.05) is 6.61 Å². The van der Waals surface area contributed by atoms with Crippen molar-refractivity contribution in [1.29, 1.82) is 0 Å². The third-order valence-electron chi connectivity index (χ3n) is 11.1. The van der Waals surface area contributed by atoms with Crippen LogP contribution < -0.4 is 0 Å². The highest BCUT2D eigenvalue weighted by Gasteiger charge is 2.33. The van der Waals surface area contributed by atoms with Gasteiger partial charge in [-0.2, -0.15) is 0 Å². The van der Waals surface area contributed by atoms with Gasteiger partial charge in [0.05, 0.1) is 6.61 Å². The van der Waals surface area contributed by atoms with Crippen LogP contribution in [-0.2, 0) is 11.2 Å². The average Bonchev–Trinajstić information content (AvgIpc) is 3.86. The molecule has 4 aliphatic rings.